The first kappa shape index (κ1) is 43.2. The monoisotopic (exact) mass is 871 g/mol. The molecule has 3 N–H and O–H groups in total. The molecule has 15 nitrogen and oxygen atoms in total. The highest BCUT2D eigenvalue weighted by molar-refractivity contribution is 6.39. The first-order chi connectivity index (χ1) is 29.1. The first-order valence-electron chi connectivity index (χ1n) is 20.0. The Labute approximate surface area is 363 Å². The maximum atomic E-state index is 13.5. The van der Waals surface area contributed by atoms with Crippen molar-refractivity contribution in [3.8, 4) is 39.4 Å². The van der Waals surface area contributed by atoms with E-state index >= 15 is 0 Å². The molecule has 4 aromatic rings. The summed E-state index contributed by atoms with van der Waals surface area (Å²) in [6.07, 6.45) is 3.52. The molecule has 2 aromatic carbocycles. The number of pyridine rings is 2. The molecule has 2 fully saturated rings. The highest BCUT2D eigenvalue weighted by Crippen LogP contribution is 2.42. The molecule has 17 heteroatoms. The summed E-state index contributed by atoms with van der Waals surface area (Å²) in [5, 5.41) is 16.4. The maximum absolute atomic E-state index is 13.5. The summed E-state index contributed by atoms with van der Waals surface area (Å²) in [6, 6.07) is 14.0. The van der Waals surface area contributed by atoms with Gasteiger partial charge in [0.25, 0.3) is 5.91 Å². The standard InChI is InChI=1S/C44H47Cl2N7O8/c1-44(2,3)61-43(59)52(23-28-10-12-36(54)49-28)17-16-51-22-27-18-34(48-20-33(27)41(51)56)32-7-5-6-30(38(32)45)31-14-15-47-40(39(31)46)25-8-9-26(35(19-25)60-4)21-53(42(57)58)24-29-11-13-37(55)50-29/h5-9,14-15,18-20,28-29H,10-13,16-17,21-24H2,1-4H3,(H,49,54)(H,50,55)(H,57,58). The minimum absolute atomic E-state index is 0.0484. The molecule has 2 unspecified atom stereocenters. The van der Waals surface area contributed by atoms with Crippen molar-refractivity contribution in [3.05, 3.63) is 87.7 Å². The normalized spacial score (nSPS) is 17.2. The number of fused-ring (bicyclic) bond motifs is 1. The van der Waals surface area contributed by atoms with Crippen LogP contribution in [0.15, 0.2) is 60.9 Å². The van der Waals surface area contributed by atoms with Gasteiger partial charge < -0.3 is 39.9 Å². The second-order valence-corrected chi connectivity index (χ2v) is 17.1. The van der Waals surface area contributed by atoms with Crippen LogP contribution in [0.2, 0.25) is 10.0 Å². The molecule has 320 valence electrons. The fourth-order valence-electron chi connectivity index (χ4n) is 7.81. The summed E-state index contributed by atoms with van der Waals surface area (Å²) >= 11 is 14.2. The number of carbonyl (C=O) groups is 5. The molecule has 7 rings (SSSR count). The molecule has 2 aromatic heterocycles. The lowest BCUT2D eigenvalue weighted by Gasteiger charge is -2.30. The van der Waals surface area contributed by atoms with Gasteiger partial charge in [0, 0.05) is 97.9 Å². The van der Waals surface area contributed by atoms with E-state index in [4.69, 9.17) is 32.7 Å². The average Bonchev–Trinajstić information content (AvgIpc) is 3.92. The van der Waals surface area contributed by atoms with Gasteiger partial charge in [0.2, 0.25) is 11.8 Å². The molecule has 0 aliphatic carbocycles. The van der Waals surface area contributed by atoms with Crippen LogP contribution in [0.25, 0.3) is 33.6 Å². The fourth-order valence-corrected chi connectivity index (χ4v) is 8.46. The Morgan fingerprint density at radius 2 is 1.56 bits per heavy atom. The zero-order chi connectivity index (χ0) is 43.6. The lowest BCUT2D eigenvalue weighted by molar-refractivity contribution is -0.120. The number of ether oxygens (including phenoxy) is 2. The summed E-state index contributed by atoms with van der Waals surface area (Å²) in [4.78, 5) is 76.1. The Morgan fingerprint density at radius 3 is 2.20 bits per heavy atom. The summed E-state index contributed by atoms with van der Waals surface area (Å²) < 4.78 is 11.3. The van der Waals surface area contributed by atoms with Gasteiger partial charge in [-0.1, -0.05) is 53.5 Å². The van der Waals surface area contributed by atoms with E-state index in [9.17, 15) is 29.1 Å². The lowest BCUT2D eigenvalue weighted by atomic mass is 9.98. The summed E-state index contributed by atoms with van der Waals surface area (Å²) in [6.45, 7) is 6.61. The molecule has 0 radical (unpaired) electrons. The molecular weight excluding hydrogens is 825 g/mol. The van der Waals surface area contributed by atoms with Crippen LogP contribution in [-0.4, -0.2) is 111 Å². The predicted octanol–water partition coefficient (Wildman–Crippen LogP) is 7.02. The topological polar surface area (TPSA) is 184 Å². The minimum Gasteiger partial charge on any atom is -0.496 e. The quantitative estimate of drug-likeness (QED) is 0.126. The molecule has 5 amide bonds. The number of nitrogens with one attached hydrogen (secondary N) is 2. The number of methoxy groups -OCH3 is 1. The van der Waals surface area contributed by atoms with Gasteiger partial charge in [-0.3, -0.25) is 24.4 Å². The molecule has 0 saturated carbocycles. The summed E-state index contributed by atoms with van der Waals surface area (Å²) in [5.41, 5.74) is 4.68. The largest absolute Gasteiger partial charge is 0.496 e. The smallest absolute Gasteiger partial charge is 0.410 e. The van der Waals surface area contributed by atoms with E-state index in [1.807, 2.05) is 24.3 Å². The molecule has 5 heterocycles. The third-order valence-corrected chi connectivity index (χ3v) is 11.6. The van der Waals surface area contributed by atoms with Crippen molar-refractivity contribution in [2.75, 3.05) is 33.3 Å². The van der Waals surface area contributed by atoms with Crippen LogP contribution < -0.4 is 15.4 Å². The molecule has 61 heavy (non-hydrogen) atoms. The number of carbonyl (C=O) groups excluding carboxylic acids is 4. The van der Waals surface area contributed by atoms with Crippen molar-refractivity contribution in [1.82, 2.24) is 35.3 Å². The van der Waals surface area contributed by atoms with Crippen LogP contribution in [-0.2, 0) is 27.4 Å². The van der Waals surface area contributed by atoms with Crippen LogP contribution in [0, 0.1) is 0 Å². The molecule has 3 aliphatic rings. The molecule has 0 bridgehead atoms. The highest BCUT2D eigenvalue weighted by atomic mass is 35.5. The van der Waals surface area contributed by atoms with Crippen LogP contribution in [0.1, 0.15) is 67.9 Å². The van der Waals surface area contributed by atoms with Gasteiger partial charge in [0.1, 0.15) is 11.4 Å². The highest BCUT2D eigenvalue weighted by Gasteiger charge is 2.33. The van der Waals surface area contributed by atoms with Crippen LogP contribution in [0.4, 0.5) is 9.59 Å². The predicted molar refractivity (Wildman–Crippen MR) is 228 cm³/mol. The minimum atomic E-state index is -1.11. The van der Waals surface area contributed by atoms with E-state index in [0.717, 1.165) is 5.56 Å². The number of hydrogen-bond acceptors (Lipinski definition) is 9. The average molecular weight is 873 g/mol. The zero-order valence-corrected chi connectivity index (χ0v) is 35.8. The third kappa shape index (κ3) is 9.84. The number of benzene rings is 2. The van der Waals surface area contributed by atoms with E-state index in [1.165, 1.54) is 12.0 Å². The van der Waals surface area contributed by atoms with Crippen LogP contribution >= 0.6 is 23.2 Å². The van der Waals surface area contributed by atoms with E-state index in [1.54, 1.807) is 67.2 Å². The van der Waals surface area contributed by atoms with Gasteiger partial charge in [-0.25, -0.2) is 9.59 Å². The maximum Gasteiger partial charge on any atom is 0.410 e. The second kappa shape index (κ2) is 18.0. The van der Waals surface area contributed by atoms with Gasteiger partial charge >= 0.3 is 12.2 Å². The third-order valence-electron chi connectivity index (χ3n) is 10.9. The number of halogens is 2. The zero-order valence-electron chi connectivity index (χ0n) is 34.3. The molecule has 2 saturated heterocycles. The SMILES string of the molecule is COc1cc(-c2nccc(-c3cccc(-c4cc5c(cn4)C(=O)N(CCN(CC4CCC(=O)N4)C(=O)OC(C)(C)C)C5)c3Cl)c2Cl)ccc1CN(CC1CCC(=O)N1)C(=O)O. The van der Waals surface area contributed by atoms with Crippen molar-refractivity contribution in [2.24, 2.45) is 0 Å². The molecule has 3 aliphatic heterocycles. The number of carboxylic acid groups (broad SMARTS) is 1. The Hall–Kier alpha value is -5.93. The van der Waals surface area contributed by atoms with Crippen molar-refractivity contribution in [3.63, 3.8) is 0 Å². The Morgan fingerprint density at radius 1 is 0.885 bits per heavy atom. The number of hydrogen-bond donors (Lipinski definition) is 3. The summed E-state index contributed by atoms with van der Waals surface area (Å²) in [7, 11) is 1.50. The van der Waals surface area contributed by atoms with Crippen molar-refractivity contribution in [2.45, 2.75) is 77.2 Å². The van der Waals surface area contributed by atoms with Gasteiger partial charge in [0.05, 0.1) is 40.7 Å². The van der Waals surface area contributed by atoms with E-state index in [0.29, 0.717) is 92.8 Å². The van der Waals surface area contributed by atoms with Gasteiger partial charge in [-0.15, -0.1) is 0 Å². The number of rotatable bonds is 13. The van der Waals surface area contributed by atoms with Gasteiger partial charge in [-0.05, 0) is 57.4 Å². The first-order valence-corrected chi connectivity index (χ1v) is 20.8. The lowest BCUT2D eigenvalue weighted by Crippen LogP contribution is -2.47. The number of nitrogens with zero attached hydrogens (tertiary/aromatic N) is 5. The fraction of sp³-hybridized carbons (Fsp3) is 0.386. The second-order valence-electron chi connectivity index (χ2n) is 16.4. The molecular formula is C44H47Cl2N7O8. The van der Waals surface area contributed by atoms with Crippen LogP contribution in [0.3, 0.4) is 0 Å². The van der Waals surface area contributed by atoms with Crippen molar-refractivity contribution >= 4 is 53.1 Å². The summed E-state index contributed by atoms with van der Waals surface area (Å²) in [5.74, 6) is 0.102. The Kier molecular flexibility index (Phi) is 12.7. The number of amides is 5. The van der Waals surface area contributed by atoms with E-state index in [-0.39, 0.29) is 62.5 Å². The Bertz CT molecular complexity index is 2390. The van der Waals surface area contributed by atoms with Crippen LogP contribution in [0.5, 0.6) is 5.75 Å². The molecule has 0 spiro atoms. The van der Waals surface area contributed by atoms with E-state index in [2.05, 4.69) is 20.6 Å². The van der Waals surface area contributed by atoms with Crippen molar-refractivity contribution in [1.29, 1.82) is 0 Å². The van der Waals surface area contributed by atoms with Gasteiger partial charge in [0.15, 0.2) is 0 Å². The van der Waals surface area contributed by atoms with Crippen molar-refractivity contribution < 1.29 is 38.6 Å². The number of aromatic nitrogens is 2. The molecule has 2 atom stereocenters. The Balaban J connectivity index is 1.08. The van der Waals surface area contributed by atoms with Gasteiger partial charge in [-0.2, -0.15) is 0 Å². The van der Waals surface area contributed by atoms with E-state index < -0.39 is 17.8 Å².